The van der Waals surface area contributed by atoms with E-state index in [1.165, 1.54) is 0 Å². The van der Waals surface area contributed by atoms with Crippen molar-refractivity contribution < 1.29 is 13.2 Å². The number of amides is 1. The predicted molar refractivity (Wildman–Crippen MR) is 123 cm³/mol. The van der Waals surface area contributed by atoms with Crippen LogP contribution < -0.4 is 0 Å². The molecule has 3 aromatic rings. The summed E-state index contributed by atoms with van der Waals surface area (Å²) in [6.07, 6.45) is 0.916. The van der Waals surface area contributed by atoms with Gasteiger partial charge in [0.15, 0.2) is 0 Å². The molecular weight excluding hydrogens is 420 g/mol. The fourth-order valence-electron chi connectivity index (χ4n) is 4.97. The predicted octanol–water partition coefficient (Wildman–Crippen LogP) is 3.87. The van der Waals surface area contributed by atoms with E-state index in [1.807, 2.05) is 78.6 Å². The van der Waals surface area contributed by atoms with Gasteiger partial charge >= 0.3 is 0 Å². The summed E-state index contributed by atoms with van der Waals surface area (Å²) in [4.78, 5) is 15.3. The number of nitrogens with zero attached hydrogens (tertiary/aromatic N) is 2. The number of likely N-dealkylation sites (tertiary alicyclic amines) is 1. The number of hydrogen-bond donors (Lipinski definition) is 0. The number of rotatable bonds is 4. The van der Waals surface area contributed by atoms with Crippen molar-refractivity contribution in [1.29, 1.82) is 0 Å². The number of aryl methyl sites for hydroxylation is 1. The largest absolute Gasteiger partial charge is 0.340 e. The molecule has 2 aliphatic rings. The molecule has 32 heavy (non-hydrogen) atoms. The molecule has 1 spiro atoms. The maximum absolute atomic E-state index is 13.6. The van der Waals surface area contributed by atoms with Crippen LogP contribution in [0.3, 0.4) is 0 Å². The van der Waals surface area contributed by atoms with Gasteiger partial charge in [-0.25, -0.2) is 8.42 Å². The highest BCUT2D eigenvalue weighted by atomic mass is 32.2. The van der Waals surface area contributed by atoms with E-state index < -0.39 is 15.6 Å². The van der Waals surface area contributed by atoms with Crippen molar-refractivity contribution in [1.82, 2.24) is 9.21 Å². The summed E-state index contributed by atoms with van der Waals surface area (Å²) in [6, 6.07) is 24.9. The second kappa shape index (κ2) is 7.87. The first-order chi connectivity index (χ1) is 15.4. The van der Waals surface area contributed by atoms with Crippen molar-refractivity contribution in [2.45, 2.75) is 36.7 Å². The first-order valence-corrected chi connectivity index (χ1v) is 12.3. The Morgan fingerprint density at radius 3 is 2.34 bits per heavy atom. The monoisotopic (exact) mass is 446 g/mol. The van der Waals surface area contributed by atoms with Gasteiger partial charge in [0.2, 0.25) is 15.9 Å². The molecule has 5 rings (SSSR count). The van der Waals surface area contributed by atoms with Gasteiger partial charge in [0, 0.05) is 19.6 Å². The average Bonchev–Trinajstić information content (AvgIpc) is 3.32. The Morgan fingerprint density at radius 1 is 0.906 bits per heavy atom. The van der Waals surface area contributed by atoms with Crippen LogP contribution in [0, 0.1) is 6.92 Å². The van der Waals surface area contributed by atoms with Gasteiger partial charge in [0.1, 0.15) is 0 Å². The minimum Gasteiger partial charge on any atom is -0.340 e. The van der Waals surface area contributed by atoms with Crippen LogP contribution in [0.5, 0.6) is 0 Å². The number of carbonyl (C=O) groups is 1. The second-order valence-electron chi connectivity index (χ2n) is 8.75. The number of benzene rings is 3. The molecule has 1 amide bonds. The topological polar surface area (TPSA) is 57.7 Å². The third kappa shape index (κ3) is 3.44. The minimum absolute atomic E-state index is 0.0325. The summed E-state index contributed by atoms with van der Waals surface area (Å²) in [6.45, 7) is 3.22. The van der Waals surface area contributed by atoms with Crippen LogP contribution in [0.2, 0.25) is 0 Å². The highest BCUT2D eigenvalue weighted by Gasteiger charge is 2.57. The summed E-state index contributed by atoms with van der Waals surface area (Å²) in [5, 5.41) is 0. The van der Waals surface area contributed by atoms with Gasteiger partial charge in [-0.1, -0.05) is 78.4 Å². The lowest BCUT2D eigenvalue weighted by atomic mass is 9.88. The standard InChI is InChI=1S/C26H26N2O3S/c1-20-11-13-22(14-12-20)18-28-26(23-9-5-6-10-24(23)32(28,30)31)15-16-27(19-26)25(29)17-21-7-3-2-4-8-21/h2-14H,15-19H2,1H3/t26-/m1/s1. The van der Waals surface area contributed by atoms with E-state index in [2.05, 4.69) is 0 Å². The van der Waals surface area contributed by atoms with Crippen LogP contribution >= 0.6 is 0 Å². The quantitative estimate of drug-likeness (QED) is 0.611. The van der Waals surface area contributed by atoms with Gasteiger partial charge in [-0.2, -0.15) is 4.31 Å². The maximum atomic E-state index is 13.6. The van der Waals surface area contributed by atoms with Crippen LogP contribution in [-0.4, -0.2) is 36.6 Å². The number of sulfonamides is 1. The lowest BCUT2D eigenvalue weighted by molar-refractivity contribution is -0.129. The zero-order valence-electron chi connectivity index (χ0n) is 18.1. The number of hydrogen-bond acceptors (Lipinski definition) is 3. The molecular formula is C26H26N2O3S. The van der Waals surface area contributed by atoms with E-state index in [0.717, 1.165) is 22.3 Å². The van der Waals surface area contributed by atoms with Crippen LogP contribution in [-0.2, 0) is 33.3 Å². The Balaban J connectivity index is 1.49. The van der Waals surface area contributed by atoms with Crippen molar-refractivity contribution in [2.24, 2.45) is 0 Å². The molecule has 164 valence electrons. The second-order valence-corrected chi connectivity index (χ2v) is 10.6. The Bertz CT molecular complexity index is 1260. The molecule has 3 aromatic carbocycles. The third-order valence-corrected chi connectivity index (χ3v) is 8.65. The lowest BCUT2D eigenvalue weighted by Gasteiger charge is -2.34. The Morgan fingerprint density at radius 2 is 1.59 bits per heavy atom. The van der Waals surface area contributed by atoms with E-state index >= 15 is 0 Å². The molecule has 0 aliphatic carbocycles. The Hall–Kier alpha value is -2.96. The van der Waals surface area contributed by atoms with Gasteiger partial charge in [0.05, 0.1) is 16.9 Å². The molecule has 0 N–H and O–H groups in total. The van der Waals surface area contributed by atoms with Crippen LogP contribution in [0.15, 0.2) is 83.8 Å². The van der Waals surface area contributed by atoms with Crippen molar-refractivity contribution in [3.8, 4) is 0 Å². The fourth-order valence-corrected chi connectivity index (χ4v) is 7.02. The highest BCUT2D eigenvalue weighted by Crippen LogP contribution is 2.50. The van der Waals surface area contributed by atoms with Gasteiger partial charge in [-0.05, 0) is 36.1 Å². The zero-order chi connectivity index (χ0) is 22.3. The summed E-state index contributed by atoms with van der Waals surface area (Å²) in [5.74, 6) is 0.0325. The van der Waals surface area contributed by atoms with E-state index in [-0.39, 0.29) is 12.5 Å². The lowest BCUT2D eigenvalue weighted by Crippen LogP contribution is -2.46. The summed E-state index contributed by atoms with van der Waals surface area (Å²) < 4.78 is 28.8. The highest BCUT2D eigenvalue weighted by molar-refractivity contribution is 7.89. The summed E-state index contributed by atoms with van der Waals surface area (Å²) in [7, 11) is -3.66. The molecule has 2 aliphatic heterocycles. The van der Waals surface area contributed by atoms with E-state index in [9.17, 15) is 13.2 Å². The van der Waals surface area contributed by atoms with Gasteiger partial charge in [-0.15, -0.1) is 0 Å². The van der Waals surface area contributed by atoms with Crippen molar-refractivity contribution in [2.75, 3.05) is 13.1 Å². The molecule has 1 fully saturated rings. The summed E-state index contributed by atoms with van der Waals surface area (Å²) in [5.41, 5.74) is 3.12. The third-order valence-electron chi connectivity index (χ3n) is 6.68. The zero-order valence-corrected chi connectivity index (χ0v) is 18.9. The van der Waals surface area contributed by atoms with Crippen molar-refractivity contribution in [3.05, 3.63) is 101 Å². The molecule has 0 saturated carbocycles. The summed E-state index contributed by atoms with van der Waals surface area (Å²) >= 11 is 0. The number of fused-ring (bicyclic) bond motifs is 2. The van der Waals surface area contributed by atoms with Gasteiger partial charge in [0.25, 0.3) is 0 Å². The molecule has 1 saturated heterocycles. The molecule has 2 heterocycles. The molecule has 6 heteroatoms. The number of carbonyl (C=O) groups excluding carboxylic acids is 1. The van der Waals surface area contributed by atoms with E-state index in [4.69, 9.17) is 0 Å². The maximum Gasteiger partial charge on any atom is 0.244 e. The molecule has 5 nitrogen and oxygen atoms in total. The molecule has 0 aromatic heterocycles. The SMILES string of the molecule is Cc1ccc(CN2[C@@]3(CCN(C(=O)Cc4ccccc4)C3)c3ccccc3S2(=O)=O)cc1. The molecule has 0 radical (unpaired) electrons. The van der Waals surface area contributed by atoms with Crippen LogP contribution in [0.1, 0.15) is 28.7 Å². The van der Waals surface area contributed by atoms with Crippen LogP contribution in [0.25, 0.3) is 0 Å². The molecule has 0 bridgehead atoms. The first-order valence-electron chi connectivity index (χ1n) is 10.9. The van der Waals surface area contributed by atoms with E-state index in [0.29, 0.717) is 30.8 Å². The fraction of sp³-hybridized carbons (Fsp3) is 0.269. The normalized spacial score (nSPS) is 21.7. The van der Waals surface area contributed by atoms with Crippen molar-refractivity contribution in [3.63, 3.8) is 0 Å². The molecule has 1 atom stereocenters. The molecule has 0 unspecified atom stereocenters. The smallest absolute Gasteiger partial charge is 0.244 e. The van der Waals surface area contributed by atoms with E-state index in [1.54, 1.807) is 16.4 Å². The minimum atomic E-state index is -3.66. The van der Waals surface area contributed by atoms with Gasteiger partial charge in [-0.3, -0.25) is 4.79 Å². The Labute approximate surface area is 189 Å². The van der Waals surface area contributed by atoms with Crippen molar-refractivity contribution >= 4 is 15.9 Å². The Kier molecular flexibility index (Phi) is 5.14. The van der Waals surface area contributed by atoms with Crippen LogP contribution in [0.4, 0.5) is 0 Å². The first kappa shape index (κ1) is 20.9. The van der Waals surface area contributed by atoms with Gasteiger partial charge < -0.3 is 4.90 Å². The average molecular weight is 447 g/mol.